The number of carbonyl (C=O) groups excluding carboxylic acids is 2. The van der Waals surface area contributed by atoms with Crippen molar-refractivity contribution in [3.05, 3.63) is 60.4 Å². The van der Waals surface area contributed by atoms with Gasteiger partial charge < -0.3 is 20.1 Å². The zero-order chi connectivity index (χ0) is 18.5. The first-order chi connectivity index (χ1) is 12.5. The SMILES string of the molecule is CN(C)C(=O)c1ccc2c(c1)ncn2CCNC(=O)Nc1ccccc1. The number of rotatable bonds is 5. The second-order valence-electron chi connectivity index (χ2n) is 6.09. The van der Waals surface area contributed by atoms with Crippen LogP contribution in [0, 0.1) is 0 Å². The summed E-state index contributed by atoms with van der Waals surface area (Å²) in [7, 11) is 3.44. The molecule has 0 saturated carbocycles. The van der Waals surface area contributed by atoms with E-state index in [1.54, 1.807) is 32.6 Å². The number of nitrogens with one attached hydrogen (secondary N) is 2. The highest BCUT2D eigenvalue weighted by molar-refractivity contribution is 5.97. The quantitative estimate of drug-likeness (QED) is 0.741. The van der Waals surface area contributed by atoms with E-state index < -0.39 is 0 Å². The average Bonchev–Trinajstić information content (AvgIpc) is 3.04. The predicted molar refractivity (Wildman–Crippen MR) is 101 cm³/mol. The van der Waals surface area contributed by atoms with Crippen molar-refractivity contribution in [3.8, 4) is 0 Å². The van der Waals surface area contributed by atoms with E-state index in [9.17, 15) is 9.59 Å². The zero-order valence-corrected chi connectivity index (χ0v) is 14.8. The highest BCUT2D eigenvalue weighted by atomic mass is 16.2. The number of benzene rings is 2. The van der Waals surface area contributed by atoms with Gasteiger partial charge >= 0.3 is 6.03 Å². The Morgan fingerprint density at radius 1 is 1.12 bits per heavy atom. The molecule has 0 aliphatic carbocycles. The number of fused-ring (bicyclic) bond motifs is 1. The topological polar surface area (TPSA) is 79.3 Å². The minimum Gasteiger partial charge on any atom is -0.345 e. The van der Waals surface area contributed by atoms with Gasteiger partial charge in [0, 0.05) is 38.4 Å². The second kappa shape index (κ2) is 7.69. The number of imidazole rings is 1. The van der Waals surface area contributed by atoms with Gasteiger partial charge in [-0.2, -0.15) is 0 Å². The van der Waals surface area contributed by atoms with E-state index in [0.717, 1.165) is 16.7 Å². The molecule has 3 amide bonds. The molecule has 2 N–H and O–H groups in total. The van der Waals surface area contributed by atoms with Gasteiger partial charge in [0.25, 0.3) is 5.91 Å². The highest BCUT2D eigenvalue weighted by Gasteiger charge is 2.11. The molecule has 0 aliphatic rings. The lowest BCUT2D eigenvalue weighted by atomic mass is 10.2. The molecular weight excluding hydrogens is 330 g/mol. The van der Waals surface area contributed by atoms with E-state index in [1.807, 2.05) is 41.0 Å². The van der Waals surface area contributed by atoms with E-state index >= 15 is 0 Å². The van der Waals surface area contributed by atoms with Gasteiger partial charge in [-0.3, -0.25) is 4.79 Å². The predicted octanol–water partition coefficient (Wildman–Crippen LogP) is 2.56. The highest BCUT2D eigenvalue weighted by Crippen LogP contribution is 2.15. The lowest BCUT2D eigenvalue weighted by Crippen LogP contribution is -2.31. The molecule has 7 nitrogen and oxygen atoms in total. The maximum absolute atomic E-state index is 12.0. The normalized spacial score (nSPS) is 10.5. The van der Waals surface area contributed by atoms with Crippen LogP contribution in [0.15, 0.2) is 54.9 Å². The Labute approximate surface area is 151 Å². The number of aromatic nitrogens is 2. The van der Waals surface area contributed by atoms with E-state index in [2.05, 4.69) is 15.6 Å². The fourth-order valence-corrected chi connectivity index (χ4v) is 2.62. The minimum atomic E-state index is -0.250. The Balaban J connectivity index is 1.59. The summed E-state index contributed by atoms with van der Waals surface area (Å²) in [6.07, 6.45) is 1.71. The van der Waals surface area contributed by atoms with Gasteiger partial charge in [-0.1, -0.05) is 18.2 Å². The maximum atomic E-state index is 12.0. The monoisotopic (exact) mass is 351 g/mol. The standard InChI is InChI=1S/C19H21N5O2/c1-23(2)18(25)14-8-9-17-16(12-14)21-13-24(17)11-10-20-19(26)22-15-6-4-3-5-7-15/h3-9,12-13H,10-11H2,1-2H3,(H2,20,22,26). The first-order valence-corrected chi connectivity index (χ1v) is 8.31. The largest absolute Gasteiger partial charge is 0.345 e. The van der Waals surface area contributed by atoms with Crippen molar-refractivity contribution >= 4 is 28.7 Å². The van der Waals surface area contributed by atoms with Crippen molar-refractivity contribution < 1.29 is 9.59 Å². The van der Waals surface area contributed by atoms with Crippen LogP contribution < -0.4 is 10.6 Å². The van der Waals surface area contributed by atoms with Crippen LogP contribution in [0.3, 0.4) is 0 Å². The number of amides is 3. The van der Waals surface area contributed by atoms with Gasteiger partial charge in [0.1, 0.15) is 0 Å². The summed E-state index contributed by atoms with van der Waals surface area (Å²) in [6, 6.07) is 14.5. The van der Waals surface area contributed by atoms with Crippen LogP contribution in [0.1, 0.15) is 10.4 Å². The molecule has 3 aromatic rings. The van der Waals surface area contributed by atoms with Crippen molar-refractivity contribution in [1.29, 1.82) is 0 Å². The Bertz CT molecular complexity index is 918. The molecule has 134 valence electrons. The van der Waals surface area contributed by atoms with Crippen molar-refractivity contribution in [2.75, 3.05) is 26.0 Å². The molecular formula is C19H21N5O2. The molecule has 26 heavy (non-hydrogen) atoms. The molecule has 7 heteroatoms. The van der Waals surface area contributed by atoms with Crippen LogP contribution in [0.4, 0.5) is 10.5 Å². The molecule has 1 heterocycles. The molecule has 0 fully saturated rings. The number of carbonyl (C=O) groups is 2. The molecule has 0 radical (unpaired) electrons. The van der Waals surface area contributed by atoms with E-state index in [1.165, 1.54) is 4.90 Å². The third kappa shape index (κ3) is 4.00. The molecule has 0 atom stereocenters. The average molecular weight is 351 g/mol. The Morgan fingerprint density at radius 3 is 2.62 bits per heavy atom. The molecule has 0 saturated heterocycles. The van der Waals surface area contributed by atoms with Crippen molar-refractivity contribution in [2.24, 2.45) is 0 Å². The van der Waals surface area contributed by atoms with Crippen LogP contribution in [-0.2, 0) is 6.54 Å². The van der Waals surface area contributed by atoms with E-state index in [-0.39, 0.29) is 11.9 Å². The summed E-state index contributed by atoms with van der Waals surface area (Å²) in [5.74, 6) is -0.0549. The number of hydrogen-bond donors (Lipinski definition) is 2. The molecule has 3 rings (SSSR count). The van der Waals surface area contributed by atoms with Gasteiger partial charge in [0.15, 0.2) is 0 Å². The van der Waals surface area contributed by atoms with Crippen molar-refractivity contribution in [3.63, 3.8) is 0 Å². The van der Waals surface area contributed by atoms with Gasteiger partial charge in [-0.15, -0.1) is 0 Å². The minimum absolute atomic E-state index is 0.0549. The number of hydrogen-bond acceptors (Lipinski definition) is 3. The van der Waals surface area contributed by atoms with Gasteiger partial charge in [0.2, 0.25) is 0 Å². The molecule has 1 aromatic heterocycles. The molecule has 2 aromatic carbocycles. The number of anilines is 1. The van der Waals surface area contributed by atoms with Crippen LogP contribution in [0.25, 0.3) is 11.0 Å². The Kier molecular flexibility index (Phi) is 5.17. The fraction of sp³-hybridized carbons (Fsp3) is 0.211. The second-order valence-corrected chi connectivity index (χ2v) is 6.09. The van der Waals surface area contributed by atoms with Crippen LogP contribution in [0.5, 0.6) is 0 Å². The summed E-state index contributed by atoms with van der Waals surface area (Å²) < 4.78 is 1.95. The molecule has 0 aliphatic heterocycles. The van der Waals surface area contributed by atoms with Gasteiger partial charge in [-0.05, 0) is 30.3 Å². The van der Waals surface area contributed by atoms with E-state index in [0.29, 0.717) is 18.7 Å². The Hall–Kier alpha value is -3.35. The molecule has 0 unspecified atom stereocenters. The first kappa shape index (κ1) is 17.5. The lowest BCUT2D eigenvalue weighted by molar-refractivity contribution is 0.0827. The maximum Gasteiger partial charge on any atom is 0.319 e. The number of para-hydroxylation sites is 1. The smallest absolute Gasteiger partial charge is 0.319 e. The summed E-state index contributed by atoms with van der Waals surface area (Å²) in [5.41, 5.74) is 3.03. The van der Waals surface area contributed by atoms with Crippen LogP contribution >= 0.6 is 0 Å². The zero-order valence-electron chi connectivity index (χ0n) is 14.8. The van der Waals surface area contributed by atoms with Crippen LogP contribution in [0.2, 0.25) is 0 Å². The number of urea groups is 1. The summed E-state index contributed by atoms with van der Waals surface area (Å²) in [6.45, 7) is 1.04. The summed E-state index contributed by atoms with van der Waals surface area (Å²) in [5, 5.41) is 5.59. The third-order valence-electron chi connectivity index (χ3n) is 3.94. The molecule has 0 spiro atoms. The van der Waals surface area contributed by atoms with E-state index in [4.69, 9.17) is 0 Å². The molecule has 0 bridgehead atoms. The first-order valence-electron chi connectivity index (χ1n) is 8.31. The van der Waals surface area contributed by atoms with Gasteiger partial charge in [-0.25, -0.2) is 9.78 Å². The Morgan fingerprint density at radius 2 is 1.88 bits per heavy atom. The van der Waals surface area contributed by atoms with Crippen molar-refractivity contribution in [2.45, 2.75) is 6.54 Å². The third-order valence-corrected chi connectivity index (χ3v) is 3.94. The summed E-state index contributed by atoms with van der Waals surface area (Å²) in [4.78, 5) is 29.8. The van der Waals surface area contributed by atoms with Gasteiger partial charge in [0.05, 0.1) is 17.4 Å². The van der Waals surface area contributed by atoms with Crippen molar-refractivity contribution in [1.82, 2.24) is 19.8 Å². The fourth-order valence-electron chi connectivity index (χ4n) is 2.62. The van der Waals surface area contributed by atoms with Crippen LogP contribution in [-0.4, -0.2) is 47.0 Å². The summed E-state index contributed by atoms with van der Waals surface area (Å²) >= 11 is 0. The number of nitrogens with zero attached hydrogens (tertiary/aromatic N) is 3. The lowest BCUT2D eigenvalue weighted by Gasteiger charge is -2.10.